The van der Waals surface area contributed by atoms with E-state index in [4.69, 9.17) is 0 Å². The van der Waals surface area contributed by atoms with Crippen LogP contribution in [0.4, 0.5) is 0 Å². The highest BCUT2D eigenvalue weighted by Gasteiger charge is 2.79. The molecular formula is C26H44Si2. The maximum atomic E-state index is 2.68. The van der Waals surface area contributed by atoms with Crippen LogP contribution in [0.5, 0.6) is 0 Å². The first-order valence-corrected chi connectivity index (χ1v) is 16.4. The second-order valence-corrected chi connectivity index (χ2v) is 28.8. The molecule has 156 valence electrons. The van der Waals surface area contributed by atoms with Crippen LogP contribution in [-0.4, -0.2) is 15.2 Å². The molecule has 2 unspecified atom stereocenters. The molecule has 0 fully saturated rings. The van der Waals surface area contributed by atoms with Gasteiger partial charge in [-0.05, 0) is 42.4 Å². The van der Waals surface area contributed by atoms with Gasteiger partial charge in [0.2, 0.25) is 0 Å². The van der Waals surface area contributed by atoms with Crippen LogP contribution in [0.3, 0.4) is 0 Å². The Morgan fingerprint density at radius 3 is 0.964 bits per heavy atom. The highest BCUT2D eigenvalue weighted by Crippen LogP contribution is 2.77. The Hall–Kier alpha value is -0.606. The van der Waals surface area contributed by atoms with Gasteiger partial charge in [0.15, 0.2) is 0 Å². The van der Waals surface area contributed by atoms with Gasteiger partial charge in [-0.2, -0.15) is 0 Å². The molecule has 2 atom stereocenters. The third-order valence-electron chi connectivity index (χ3n) is 8.45. The van der Waals surface area contributed by atoms with Gasteiger partial charge in [0.05, 0.1) is 15.2 Å². The summed E-state index contributed by atoms with van der Waals surface area (Å²) in [6.07, 6.45) is 5.36. The van der Waals surface area contributed by atoms with Crippen molar-refractivity contribution in [3.63, 3.8) is 0 Å². The quantitative estimate of drug-likeness (QED) is 0.295. The van der Waals surface area contributed by atoms with Crippen molar-refractivity contribution in [2.75, 3.05) is 0 Å². The Morgan fingerprint density at radius 2 is 0.750 bits per heavy atom. The highest BCUT2D eigenvalue weighted by molar-refractivity contribution is 7.47. The summed E-state index contributed by atoms with van der Waals surface area (Å²) in [7, 11) is -3.83. The lowest BCUT2D eigenvalue weighted by atomic mass is 9.95. The molecule has 2 heterocycles. The van der Waals surface area contributed by atoms with E-state index in [0.29, 0.717) is 31.2 Å². The van der Waals surface area contributed by atoms with E-state index in [1.54, 1.807) is 11.1 Å². The van der Waals surface area contributed by atoms with Crippen LogP contribution in [0, 0.1) is 0 Å². The minimum Gasteiger partial charge on any atom is -0.0836 e. The van der Waals surface area contributed by atoms with Crippen molar-refractivity contribution in [3.05, 3.63) is 47.5 Å². The van der Waals surface area contributed by atoms with Gasteiger partial charge in [0, 0.05) is 0 Å². The normalized spacial score (nSPS) is 26.3. The van der Waals surface area contributed by atoms with E-state index in [-0.39, 0.29) is 0 Å². The van der Waals surface area contributed by atoms with Crippen molar-refractivity contribution < 1.29 is 0 Å². The van der Waals surface area contributed by atoms with Gasteiger partial charge >= 0.3 is 0 Å². The number of allylic oxidation sites excluding steroid dienone is 2. The first-order valence-electron chi connectivity index (χ1n) is 11.2. The molecule has 4 rings (SSSR count). The summed E-state index contributed by atoms with van der Waals surface area (Å²) in [6, 6.07) is 9.52. The van der Waals surface area contributed by atoms with E-state index in [2.05, 4.69) is 120 Å². The zero-order valence-corrected chi connectivity index (χ0v) is 22.6. The van der Waals surface area contributed by atoms with Gasteiger partial charge in [-0.1, -0.05) is 120 Å². The number of rotatable bonds is 0. The molecule has 0 aromatic heterocycles. The van der Waals surface area contributed by atoms with Crippen LogP contribution in [0.15, 0.2) is 36.4 Å². The average molecular weight is 413 g/mol. The summed E-state index contributed by atoms with van der Waals surface area (Å²) in [5.74, 6) is 0. The first kappa shape index (κ1) is 22.1. The van der Waals surface area contributed by atoms with Gasteiger partial charge in [0.25, 0.3) is 0 Å². The maximum Gasteiger partial charge on any atom is 0.0726 e. The molecule has 0 saturated heterocycles. The first-order chi connectivity index (χ1) is 12.5. The molecule has 0 spiro atoms. The van der Waals surface area contributed by atoms with Crippen LogP contribution >= 0.6 is 0 Å². The molecular weight excluding hydrogens is 368 g/mol. The van der Waals surface area contributed by atoms with Gasteiger partial charge in [-0.3, -0.25) is 0 Å². The van der Waals surface area contributed by atoms with E-state index < -0.39 is 15.2 Å². The smallest absolute Gasteiger partial charge is 0.0726 e. The standard InChI is InChI=1S/C26H44Si2/c1-23(2,3)27(24(4,5)6)21-17-18-22(20-16-14-13-15-19(20)21)28(27,25(7,8)9)26(10,11)12/h13-18,21-22H,1-12H3. The molecule has 2 aliphatic heterocycles. The molecule has 3 aliphatic rings. The molecule has 2 heteroatoms. The lowest BCUT2D eigenvalue weighted by Gasteiger charge is -2.77. The Bertz CT molecular complexity index is 692. The van der Waals surface area contributed by atoms with Gasteiger partial charge in [-0.15, -0.1) is 0 Å². The Balaban J connectivity index is 2.64. The third-order valence-corrected chi connectivity index (χ3v) is 36.6. The van der Waals surface area contributed by atoms with Crippen molar-refractivity contribution in [3.8, 4) is 0 Å². The minimum absolute atomic E-state index is 0.346. The summed E-state index contributed by atoms with van der Waals surface area (Å²) in [6.45, 7) is 31.3. The van der Waals surface area contributed by atoms with Crippen molar-refractivity contribution in [2.24, 2.45) is 0 Å². The number of hydrogen-bond donors (Lipinski definition) is 0. The zero-order valence-electron chi connectivity index (χ0n) is 20.6. The number of hydrogen-bond acceptors (Lipinski definition) is 0. The average Bonchev–Trinajstić information content (AvgIpc) is 2.50. The maximum absolute atomic E-state index is 2.68. The zero-order chi connectivity index (χ0) is 21.6. The second-order valence-electron chi connectivity index (χ2n) is 13.6. The fraction of sp³-hybridized carbons (Fsp3) is 0.692. The van der Waals surface area contributed by atoms with E-state index >= 15 is 0 Å². The second kappa shape index (κ2) is 5.97. The molecule has 0 radical (unpaired) electrons. The van der Waals surface area contributed by atoms with Crippen LogP contribution in [-0.2, 0) is 0 Å². The van der Waals surface area contributed by atoms with Crippen LogP contribution in [0.1, 0.15) is 105 Å². The molecule has 1 aromatic rings. The Kier molecular flexibility index (Phi) is 4.71. The van der Waals surface area contributed by atoms with Gasteiger partial charge < -0.3 is 0 Å². The van der Waals surface area contributed by atoms with Crippen LogP contribution in [0.25, 0.3) is 0 Å². The van der Waals surface area contributed by atoms with Crippen molar-refractivity contribution in [2.45, 2.75) is 114 Å². The van der Waals surface area contributed by atoms with Crippen molar-refractivity contribution >= 4 is 15.2 Å². The van der Waals surface area contributed by atoms with E-state index in [1.165, 1.54) is 0 Å². The predicted octanol–water partition coefficient (Wildman–Crippen LogP) is 8.69. The number of fused-ring (bicyclic) bond motifs is 1. The Morgan fingerprint density at radius 1 is 0.500 bits per heavy atom. The van der Waals surface area contributed by atoms with Crippen molar-refractivity contribution in [1.82, 2.24) is 0 Å². The molecule has 0 saturated carbocycles. The summed E-state index contributed by atoms with van der Waals surface area (Å²) in [5, 5.41) is 1.39. The molecule has 0 nitrogen and oxygen atoms in total. The minimum atomic E-state index is -1.92. The van der Waals surface area contributed by atoms with E-state index in [9.17, 15) is 0 Å². The lowest BCUT2D eigenvalue weighted by molar-refractivity contribution is 0.548. The van der Waals surface area contributed by atoms with Crippen molar-refractivity contribution in [1.29, 1.82) is 0 Å². The topological polar surface area (TPSA) is 0 Å². The van der Waals surface area contributed by atoms with E-state index in [0.717, 1.165) is 0 Å². The molecule has 1 aromatic carbocycles. The van der Waals surface area contributed by atoms with Crippen LogP contribution in [0.2, 0.25) is 20.2 Å². The molecule has 0 amide bonds. The van der Waals surface area contributed by atoms with Crippen LogP contribution < -0.4 is 0 Å². The predicted molar refractivity (Wildman–Crippen MR) is 131 cm³/mol. The number of benzene rings is 1. The fourth-order valence-corrected chi connectivity index (χ4v) is 44.1. The Labute approximate surface area is 177 Å². The van der Waals surface area contributed by atoms with E-state index in [1.807, 2.05) is 0 Å². The largest absolute Gasteiger partial charge is 0.0836 e. The monoisotopic (exact) mass is 412 g/mol. The third kappa shape index (κ3) is 2.34. The fourth-order valence-electron chi connectivity index (χ4n) is 9.23. The SMILES string of the molecule is CC(C)(C)[Si]1(C(C)(C)C)C2C=CC(c3ccccc32)[Si]1(C(C)(C)C)C(C)(C)C. The molecule has 2 bridgehead atoms. The summed E-state index contributed by atoms with van der Waals surface area (Å²) < 4.78 is 0. The summed E-state index contributed by atoms with van der Waals surface area (Å²) in [5.41, 5.74) is 4.61. The summed E-state index contributed by atoms with van der Waals surface area (Å²) >= 11 is 0. The highest BCUT2D eigenvalue weighted by atomic mass is 29.3. The lowest BCUT2D eigenvalue weighted by Crippen LogP contribution is -2.85. The summed E-state index contributed by atoms with van der Waals surface area (Å²) in [4.78, 5) is 0. The van der Waals surface area contributed by atoms with Gasteiger partial charge in [-0.25, -0.2) is 0 Å². The molecule has 1 aliphatic carbocycles. The molecule has 0 N–H and O–H groups in total. The van der Waals surface area contributed by atoms with Gasteiger partial charge in [0.1, 0.15) is 0 Å². The molecule has 28 heavy (non-hydrogen) atoms.